The number of carbonyl (C=O) groups is 1. The van der Waals surface area contributed by atoms with Crippen LogP contribution in [0.15, 0.2) is 36.4 Å². The lowest BCUT2D eigenvalue weighted by atomic mass is 10.1. The van der Waals surface area contributed by atoms with E-state index >= 15 is 0 Å². The molecule has 0 saturated heterocycles. The van der Waals surface area contributed by atoms with Crippen LogP contribution in [0.4, 0.5) is 18.3 Å². The highest BCUT2D eigenvalue weighted by molar-refractivity contribution is 7.23. The molecule has 0 spiro atoms. The fraction of sp³-hybridized carbons (Fsp3) is 0.300. The first kappa shape index (κ1) is 25.2. The van der Waals surface area contributed by atoms with E-state index < -0.39 is 17.6 Å². The summed E-state index contributed by atoms with van der Waals surface area (Å²) in [4.78, 5) is 20.9. The summed E-state index contributed by atoms with van der Waals surface area (Å²) in [5.74, 6) is -0.0759. The molecule has 0 aliphatic carbocycles. The van der Waals surface area contributed by atoms with E-state index in [9.17, 15) is 18.0 Å². The maximum absolute atomic E-state index is 13.2. The number of rotatable bonds is 6. The monoisotopic (exact) mass is 493 g/mol. The lowest BCUT2D eigenvalue weighted by Crippen LogP contribution is -2.36. The van der Waals surface area contributed by atoms with Crippen LogP contribution in [0.3, 0.4) is 0 Å². The average Bonchev–Trinajstić information content (AvgIpc) is 3.13. The van der Waals surface area contributed by atoms with E-state index in [1.165, 1.54) is 35.5 Å². The Labute approximate surface area is 192 Å². The molecule has 3 aromatic rings. The van der Waals surface area contributed by atoms with Gasteiger partial charge >= 0.3 is 6.18 Å². The minimum Gasteiger partial charge on any atom is -0.494 e. The third-order valence-electron chi connectivity index (χ3n) is 4.35. The predicted molar refractivity (Wildman–Crippen MR) is 120 cm³/mol. The van der Waals surface area contributed by atoms with Gasteiger partial charge in [0, 0.05) is 18.7 Å². The molecular weight excluding hydrogens is 474 g/mol. The minimum atomic E-state index is -4.54. The number of halogens is 5. The van der Waals surface area contributed by atoms with E-state index in [0.717, 1.165) is 12.1 Å². The van der Waals surface area contributed by atoms with Crippen molar-refractivity contribution in [1.82, 2.24) is 9.88 Å². The molecule has 0 radical (unpaired) electrons. The molecule has 5 nitrogen and oxygen atoms in total. The molecule has 168 valence electrons. The molecule has 0 saturated carbocycles. The second kappa shape index (κ2) is 10.0. The van der Waals surface area contributed by atoms with Crippen LogP contribution in [-0.2, 0) is 6.18 Å². The van der Waals surface area contributed by atoms with Crippen molar-refractivity contribution in [3.63, 3.8) is 0 Å². The number of carbonyl (C=O) groups excluding carboxylic acids is 1. The Hall–Kier alpha value is -2.07. The summed E-state index contributed by atoms with van der Waals surface area (Å²) in [7, 11) is 5.18. The number of likely N-dealkylation sites (N-methyl/N-ethyl adjacent to an activating group) is 1. The SMILES string of the molecule is COc1ccc(Cl)c2sc(N(CCN(C)C)C(=O)c3cccc(C(F)(F)F)c3)nc12.Cl. The Kier molecular flexibility index (Phi) is 8.15. The second-order valence-corrected chi connectivity index (χ2v) is 8.15. The van der Waals surface area contributed by atoms with Gasteiger partial charge in [-0.1, -0.05) is 29.0 Å². The number of ether oxygens (including phenoxy) is 1. The van der Waals surface area contributed by atoms with Crippen molar-refractivity contribution < 1.29 is 22.7 Å². The van der Waals surface area contributed by atoms with Crippen molar-refractivity contribution in [2.24, 2.45) is 0 Å². The average molecular weight is 494 g/mol. The first-order chi connectivity index (χ1) is 14.1. The van der Waals surface area contributed by atoms with Gasteiger partial charge in [0.05, 0.1) is 22.4 Å². The number of anilines is 1. The topological polar surface area (TPSA) is 45.7 Å². The van der Waals surface area contributed by atoms with Crippen molar-refractivity contribution >= 4 is 56.6 Å². The van der Waals surface area contributed by atoms with Crippen LogP contribution in [0.1, 0.15) is 15.9 Å². The van der Waals surface area contributed by atoms with Crippen molar-refractivity contribution in [3.05, 3.63) is 52.5 Å². The van der Waals surface area contributed by atoms with Gasteiger partial charge < -0.3 is 9.64 Å². The standard InChI is InChI=1S/C20H19ClF3N3O2S.ClH/c1-26(2)9-10-27(18(28)12-5-4-6-13(11-12)20(22,23)24)19-25-16-15(29-3)8-7-14(21)17(16)30-19;/h4-8,11H,9-10H2,1-3H3;1H. The molecule has 2 aromatic carbocycles. The van der Waals surface area contributed by atoms with Crippen LogP contribution in [0, 0.1) is 0 Å². The molecule has 0 N–H and O–H groups in total. The largest absolute Gasteiger partial charge is 0.494 e. The molecule has 0 bridgehead atoms. The number of amides is 1. The van der Waals surface area contributed by atoms with Crippen LogP contribution < -0.4 is 9.64 Å². The molecule has 31 heavy (non-hydrogen) atoms. The molecule has 1 heterocycles. The number of thiazole rings is 1. The highest BCUT2D eigenvalue weighted by atomic mass is 35.5. The predicted octanol–water partition coefficient (Wildman–Crippen LogP) is 5.61. The molecule has 1 amide bonds. The first-order valence-electron chi connectivity index (χ1n) is 8.88. The van der Waals surface area contributed by atoms with E-state index in [2.05, 4.69) is 4.98 Å². The lowest BCUT2D eigenvalue weighted by molar-refractivity contribution is -0.137. The van der Waals surface area contributed by atoms with Gasteiger partial charge in [-0.15, -0.1) is 12.4 Å². The third kappa shape index (κ3) is 5.60. The number of benzene rings is 2. The summed E-state index contributed by atoms with van der Waals surface area (Å²) in [5, 5.41) is 0.786. The molecule has 11 heteroatoms. The summed E-state index contributed by atoms with van der Waals surface area (Å²) in [6.45, 7) is 0.729. The molecule has 0 aliphatic rings. The Balaban J connectivity index is 0.00000341. The minimum absolute atomic E-state index is 0. The number of nitrogens with zero attached hydrogens (tertiary/aromatic N) is 3. The zero-order chi connectivity index (χ0) is 22.1. The van der Waals surface area contributed by atoms with Crippen LogP contribution in [0.5, 0.6) is 5.75 Å². The van der Waals surface area contributed by atoms with Crippen LogP contribution >= 0.6 is 35.3 Å². The Morgan fingerprint density at radius 2 is 1.90 bits per heavy atom. The quantitative estimate of drug-likeness (QED) is 0.447. The number of fused-ring (bicyclic) bond motifs is 1. The van der Waals surface area contributed by atoms with Gasteiger partial charge in [0.2, 0.25) is 0 Å². The van der Waals surface area contributed by atoms with Gasteiger partial charge in [-0.25, -0.2) is 4.98 Å². The Morgan fingerprint density at radius 1 is 1.19 bits per heavy atom. The van der Waals surface area contributed by atoms with Gasteiger partial charge in [0.1, 0.15) is 11.3 Å². The zero-order valence-corrected chi connectivity index (χ0v) is 19.3. The van der Waals surface area contributed by atoms with E-state index in [0.29, 0.717) is 32.7 Å². The molecule has 0 aliphatic heterocycles. The van der Waals surface area contributed by atoms with E-state index in [1.807, 2.05) is 19.0 Å². The first-order valence-corrected chi connectivity index (χ1v) is 10.1. The van der Waals surface area contributed by atoms with Gasteiger partial charge in [0.15, 0.2) is 5.13 Å². The normalized spacial score (nSPS) is 11.5. The van der Waals surface area contributed by atoms with Gasteiger partial charge in [-0.3, -0.25) is 9.69 Å². The van der Waals surface area contributed by atoms with E-state index in [4.69, 9.17) is 16.3 Å². The fourth-order valence-electron chi connectivity index (χ4n) is 2.79. The highest BCUT2D eigenvalue weighted by Gasteiger charge is 2.32. The number of hydrogen-bond acceptors (Lipinski definition) is 5. The summed E-state index contributed by atoms with van der Waals surface area (Å²) >= 11 is 7.46. The van der Waals surface area contributed by atoms with E-state index in [1.54, 1.807) is 12.1 Å². The van der Waals surface area contributed by atoms with Crippen molar-refractivity contribution in [2.75, 3.05) is 39.2 Å². The smallest absolute Gasteiger partial charge is 0.416 e. The summed E-state index contributed by atoms with van der Waals surface area (Å²) in [6, 6.07) is 7.71. The fourth-order valence-corrected chi connectivity index (χ4v) is 4.07. The summed E-state index contributed by atoms with van der Waals surface area (Å²) in [5.41, 5.74) is -0.451. The van der Waals surface area contributed by atoms with Gasteiger partial charge in [-0.05, 0) is 44.4 Å². The zero-order valence-electron chi connectivity index (χ0n) is 16.9. The summed E-state index contributed by atoms with van der Waals surface area (Å²) < 4.78 is 45.3. The third-order valence-corrected chi connectivity index (χ3v) is 5.89. The number of hydrogen-bond donors (Lipinski definition) is 0. The molecule has 1 aromatic heterocycles. The van der Waals surface area contributed by atoms with Gasteiger partial charge in [0.25, 0.3) is 5.91 Å². The molecule has 0 atom stereocenters. The van der Waals surface area contributed by atoms with E-state index in [-0.39, 0.29) is 24.5 Å². The molecular formula is C20H20Cl2F3N3O2S. The van der Waals surface area contributed by atoms with Gasteiger partial charge in [-0.2, -0.15) is 13.2 Å². The van der Waals surface area contributed by atoms with Crippen LogP contribution in [0.2, 0.25) is 5.02 Å². The van der Waals surface area contributed by atoms with Crippen molar-refractivity contribution in [1.29, 1.82) is 0 Å². The number of methoxy groups -OCH3 is 1. The Morgan fingerprint density at radius 3 is 2.52 bits per heavy atom. The second-order valence-electron chi connectivity index (χ2n) is 6.76. The maximum atomic E-state index is 13.2. The maximum Gasteiger partial charge on any atom is 0.416 e. The number of alkyl halides is 3. The molecule has 0 unspecified atom stereocenters. The van der Waals surface area contributed by atoms with Crippen molar-refractivity contribution in [3.8, 4) is 5.75 Å². The van der Waals surface area contributed by atoms with Crippen LogP contribution in [-0.4, -0.2) is 50.1 Å². The number of aromatic nitrogens is 1. The highest BCUT2D eigenvalue weighted by Crippen LogP contribution is 2.39. The van der Waals surface area contributed by atoms with Crippen LogP contribution in [0.25, 0.3) is 10.2 Å². The summed E-state index contributed by atoms with van der Waals surface area (Å²) in [6.07, 6.45) is -4.54. The molecule has 0 fully saturated rings. The Bertz CT molecular complexity index is 1070. The lowest BCUT2D eigenvalue weighted by Gasteiger charge is -2.22. The molecule has 3 rings (SSSR count). The van der Waals surface area contributed by atoms with Crippen molar-refractivity contribution in [2.45, 2.75) is 6.18 Å².